The largest absolute Gasteiger partial charge is 0.453 e. The maximum absolute atomic E-state index is 14.9. The smallest absolute Gasteiger partial charge is 0.414 e. The summed E-state index contributed by atoms with van der Waals surface area (Å²) in [6, 6.07) is 4.32. The summed E-state index contributed by atoms with van der Waals surface area (Å²) in [7, 11) is -1.79. The number of carbonyl (C=O) groups excluding carboxylic acids is 2. The zero-order valence-electron chi connectivity index (χ0n) is 17.7. The molecule has 1 aromatic heterocycles. The number of alkyl carbamates (subject to hydrolysis) is 1. The summed E-state index contributed by atoms with van der Waals surface area (Å²) in [5.41, 5.74) is 1.01. The maximum atomic E-state index is 14.9. The van der Waals surface area contributed by atoms with Gasteiger partial charge in [0.2, 0.25) is 5.95 Å². The van der Waals surface area contributed by atoms with Crippen molar-refractivity contribution in [3.63, 3.8) is 0 Å². The molecule has 0 spiro atoms. The molecule has 1 aromatic carbocycles. The number of methoxy groups -OCH3 is 1. The molecule has 0 bridgehead atoms. The van der Waals surface area contributed by atoms with E-state index in [2.05, 4.69) is 20.0 Å². The third-order valence-electron chi connectivity index (χ3n) is 5.37. The van der Waals surface area contributed by atoms with Crippen molar-refractivity contribution in [3.8, 4) is 11.1 Å². The fourth-order valence-electron chi connectivity index (χ4n) is 3.55. The number of nitrogens with zero attached hydrogens (tertiary/aromatic N) is 4. The Morgan fingerprint density at radius 2 is 1.97 bits per heavy atom. The number of anilines is 2. The summed E-state index contributed by atoms with van der Waals surface area (Å²) in [4.78, 5) is 34.9. The zero-order chi connectivity index (χ0) is 23.6. The molecule has 2 fully saturated rings. The van der Waals surface area contributed by atoms with E-state index in [4.69, 9.17) is 4.74 Å². The Kier molecular flexibility index (Phi) is 6.31. The van der Waals surface area contributed by atoms with Crippen molar-refractivity contribution in [2.24, 2.45) is 0 Å². The van der Waals surface area contributed by atoms with Crippen molar-refractivity contribution in [2.45, 2.75) is 6.10 Å². The highest BCUT2D eigenvalue weighted by Gasteiger charge is 2.33. The summed E-state index contributed by atoms with van der Waals surface area (Å²) < 4.78 is 47.7. The van der Waals surface area contributed by atoms with E-state index in [1.165, 1.54) is 36.5 Å². The van der Waals surface area contributed by atoms with Gasteiger partial charge in [0.05, 0.1) is 37.4 Å². The van der Waals surface area contributed by atoms with Crippen molar-refractivity contribution >= 4 is 33.7 Å². The van der Waals surface area contributed by atoms with Crippen LogP contribution >= 0.6 is 0 Å². The number of ether oxygens (including phenoxy) is 2. The third-order valence-corrected chi connectivity index (χ3v) is 6.98. The number of halogens is 1. The van der Waals surface area contributed by atoms with E-state index in [1.54, 1.807) is 11.0 Å². The molecule has 4 rings (SSSR count). The molecule has 2 amide bonds. The minimum atomic E-state index is -3.02. The Morgan fingerprint density at radius 3 is 2.61 bits per heavy atom. The fourth-order valence-corrected chi connectivity index (χ4v) is 4.75. The lowest BCUT2D eigenvalue weighted by Crippen LogP contribution is -2.41. The fraction of sp³-hybridized carbons (Fsp3) is 0.400. The molecule has 0 radical (unpaired) electrons. The number of sulfone groups is 1. The van der Waals surface area contributed by atoms with Gasteiger partial charge in [0, 0.05) is 36.6 Å². The number of aromatic nitrogens is 2. The average Bonchev–Trinajstić information content (AvgIpc) is 3.18. The predicted octanol–water partition coefficient (Wildman–Crippen LogP) is 1.20. The second-order valence-corrected chi connectivity index (χ2v) is 9.87. The van der Waals surface area contributed by atoms with Crippen LogP contribution in [0.3, 0.4) is 0 Å². The SMILES string of the molecule is COC(=O)NC[C@H]1CN(c2ccc(-c3cnc(N4CCS(=O)(=O)CC4)nc3)c(F)c2)C(=O)O1. The van der Waals surface area contributed by atoms with Crippen LogP contribution in [0.2, 0.25) is 0 Å². The van der Waals surface area contributed by atoms with Crippen molar-refractivity contribution in [2.75, 3.05) is 54.6 Å². The van der Waals surface area contributed by atoms with Crippen molar-refractivity contribution < 1.29 is 31.9 Å². The molecule has 33 heavy (non-hydrogen) atoms. The highest BCUT2D eigenvalue weighted by molar-refractivity contribution is 7.91. The number of carbonyl (C=O) groups is 2. The molecular formula is C20H22FN5O6S. The van der Waals surface area contributed by atoms with Crippen LogP contribution in [0.4, 0.5) is 25.6 Å². The van der Waals surface area contributed by atoms with Gasteiger partial charge < -0.3 is 19.7 Å². The van der Waals surface area contributed by atoms with E-state index in [9.17, 15) is 22.4 Å². The van der Waals surface area contributed by atoms with Gasteiger partial charge in [0.25, 0.3) is 0 Å². The first kappa shape index (κ1) is 22.7. The molecule has 1 atom stereocenters. The van der Waals surface area contributed by atoms with Crippen molar-refractivity contribution in [3.05, 3.63) is 36.4 Å². The molecule has 13 heteroatoms. The molecule has 3 heterocycles. The van der Waals surface area contributed by atoms with Gasteiger partial charge in [-0.05, 0) is 18.2 Å². The molecular weight excluding hydrogens is 457 g/mol. The first-order chi connectivity index (χ1) is 15.8. The molecule has 2 aromatic rings. The van der Waals surface area contributed by atoms with Gasteiger partial charge in [-0.25, -0.2) is 32.4 Å². The Hall–Kier alpha value is -3.48. The first-order valence-corrected chi connectivity index (χ1v) is 12.0. The van der Waals surface area contributed by atoms with E-state index in [0.717, 1.165) is 0 Å². The lowest BCUT2D eigenvalue weighted by Gasteiger charge is -2.26. The number of hydrogen-bond acceptors (Lipinski definition) is 9. The van der Waals surface area contributed by atoms with Gasteiger partial charge in [0.1, 0.15) is 11.9 Å². The van der Waals surface area contributed by atoms with E-state index in [0.29, 0.717) is 30.3 Å². The third kappa shape index (κ3) is 5.13. The van der Waals surface area contributed by atoms with Crippen molar-refractivity contribution in [1.29, 1.82) is 0 Å². The Morgan fingerprint density at radius 1 is 1.27 bits per heavy atom. The number of nitrogens with one attached hydrogen (secondary N) is 1. The standard InChI is InChI=1S/C20H22FN5O6S/c1-31-19(27)24-11-15-12-26(20(28)32-15)14-2-3-16(17(21)8-14)13-9-22-18(23-10-13)25-4-6-33(29,30)7-5-25/h2-3,8-10,15H,4-7,11-12H2,1H3,(H,24,27)/t15-/m0/s1. The van der Waals surface area contributed by atoms with E-state index in [-0.39, 0.29) is 30.2 Å². The van der Waals surface area contributed by atoms with Crippen LogP contribution < -0.4 is 15.1 Å². The number of rotatable bonds is 5. The predicted molar refractivity (Wildman–Crippen MR) is 116 cm³/mol. The van der Waals surface area contributed by atoms with Crippen LogP contribution in [-0.2, 0) is 19.3 Å². The monoisotopic (exact) mass is 479 g/mol. The summed E-state index contributed by atoms with van der Waals surface area (Å²) in [6.07, 6.45) is 1.07. The molecule has 0 saturated carbocycles. The maximum Gasteiger partial charge on any atom is 0.414 e. The molecule has 2 saturated heterocycles. The summed E-state index contributed by atoms with van der Waals surface area (Å²) in [5.74, 6) is -0.0894. The minimum absolute atomic E-state index is 0.0484. The summed E-state index contributed by atoms with van der Waals surface area (Å²) in [5, 5.41) is 2.45. The second-order valence-electron chi connectivity index (χ2n) is 7.56. The first-order valence-electron chi connectivity index (χ1n) is 10.1. The average molecular weight is 479 g/mol. The zero-order valence-corrected chi connectivity index (χ0v) is 18.5. The Bertz CT molecular complexity index is 1150. The summed E-state index contributed by atoms with van der Waals surface area (Å²) >= 11 is 0. The molecule has 2 aliphatic rings. The van der Waals surface area contributed by atoms with Crippen LogP contribution in [0.25, 0.3) is 11.1 Å². The molecule has 0 aliphatic carbocycles. The topological polar surface area (TPSA) is 131 Å². The number of amides is 2. The van der Waals surface area contributed by atoms with Crippen LogP contribution in [-0.4, -0.2) is 81.5 Å². The van der Waals surface area contributed by atoms with Gasteiger partial charge >= 0.3 is 12.2 Å². The van der Waals surface area contributed by atoms with Gasteiger partial charge in [0.15, 0.2) is 9.84 Å². The number of hydrogen-bond donors (Lipinski definition) is 1. The quantitative estimate of drug-likeness (QED) is 0.672. The Labute approximate surface area is 189 Å². The lowest BCUT2D eigenvalue weighted by atomic mass is 10.1. The minimum Gasteiger partial charge on any atom is -0.453 e. The van der Waals surface area contributed by atoms with E-state index in [1.807, 2.05) is 0 Å². The molecule has 176 valence electrons. The number of benzene rings is 1. The van der Waals surface area contributed by atoms with Gasteiger partial charge in [-0.15, -0.1) is 0 Å². The van der Waals surface area contributed by atoms with Gasteiger partial charge in [-0.3, -0.25) is 4.90 Å². The van der Waals surface area contributed by atoms with Crippen LogP contribution in [0.5, 0.6) is 0 Å². The van der Waals surface area contributed by atoms with Crippen LogP contribution in [0.1, 0.15) is 0 Å². The molecule has 0 unspecified atom stereocenters. The van der Waals surface area contributed by atoms with E-state index < -0.39 is 33.9 Å². The van der Waals surface area contributed by atoms with Gasteiger partial charge in [-0.1, -0.05) is 0 Å². The highest BCUT2D eigenvalue weighted by atomic mass is 32.2. The summed E-state index contributed by atoms with van der Waals surface area (Å²) in [6.45, 7) is 0.840. The Balaban J connectivity index is 1.43. The lowest BCUT2D eigenvalue weighted by molar-refractivity contribution is 0.132. The van der Waals surface area contributed by atoms with Crippen molar-refractivity contribution in [1.82, 2.24) is 15.3 Å². The second kappa shape index (κ2) is 9.17. The molecule has 2 aliphatic heterocycles. The van der Waals surface area contributed by atoms with E-state index >= 15 is 0 Å². The van der Waals surface area contributed by atoms with Crippen LogP contribution in [0, 0.1) is 5.82 Å². The highest BCUT2D eigenvalue weighted by Crippen LogP contribution is 2.29. The normalized spacial score (nSPS) is 19.8. The number of cyclic esters (lactones) is 1. The van der Waals surface area contributed by atoms with Gasteiger partial charge in [-0.2, -0.15) is 0 Å². The molecule has 1 N–H and O–H groups in total. The molecule has 11 nitrogen and oxygen atoms in total. The van der Waals surface area contributed by atoms with Crippen LogP contribution in [0.15, 0.2) is 30.6 Å².